The van der Waals surface area contributed by atoms with Crippen molar-refractivity contribution in [3.8, 4) is 0 Å². The fourth-order valence-electron chi connectivity index (χ4n) is 0.994. The quantitative estimate of drug-likeness (QED) is 0.772. The van der Waals surface area contributed by atoms with E-state index in [0.717, 1.165) is 10.0 Å². The monoisotopic (exact) mass is 266 g/mol. The lowest BCUT2D eigenvalue weighted by Gasteiger charge is -2.03. The molecule has 0 aliphatic heterocycles. The zero-order valence-electron chi connectivity index (χ0n) is 6.92. The minimum Gasteiger partial charge on any atom is -0.194 e. The maximum Gasteiger partial charge on any atom is 0.306 e. The summed E-state index contributed by atoms with van der Waals surface area (Å²) in [7, 11) is -4.44. The van der Waals surface area contributed by atoms with Gasteiger partial charge in [0, 0.05) is 4.47 Å². The molecule has 1 aromatic rings. The minimum atomic E-state index is -4.44. The highest BCUT2D eigenvalue weighted by Gasteiger charge is 2.11. The molecule has 0 aliphatic carbocycles. The molecular weight excluding hydrogens is 259 g/mol. The Morgan fingerprint density at radius 3 is 2.62 bits per heavy atom. The van der Waals surface area contributed by atoms with Crippen molar-refractivity contribution in [3.05, 3.63) is 33.8 Å². The molecule has 13 heavy (non-hydrogen) atoms. The molecule has 0 saturated carbocycles. The second-order valence-corrected chi connectivity index (χ2v) is 4.93. The zero-order chi connectivity index (χ0) is 10.1. The highest BCUT2D eigenvalue weighted by molar-refractivity contribution is 9.10. The van der Waals surface area contributed by atoms with Crippen molar-refractivity contribution in [2.24, 2.45) is 0 Å². The number of benzene rings is 1. The summed E-state index contributed by atoms with van der Waals surface area (Å²) in [6, 6.07) is 5.05. The molecule has 1 rings (SSSR count). The van der Waals surface area contributed by atoms with Crippen LogP contribution in [0.4, 0.5) is 3.89 Å². The highest BCUT2D eigenvalue weighted by Crippen LogP contribution is 2.21. The lowest BCUT2D eigenvalue weighted by atomic mass is 10.1. The smallest absolute Gasteiger partial charge is 0.194 e. The Bertz CT molecular complexity index is 414. The first-order valence-electron chi connectivity index (χ1n) is 3.56. The first-order valence-corrected chi connectivity index (χ1v) is 5.91. The Morgan fingerprint density at radius 2 is 2.08 bits per heavy atom. The van der Waals surface area contributed by atoms with Crippen LogP contribution in [-0.4, -0.2) is 8.42 Å². The predicted octanol–water partition coefficient (Wildman–Crippen LogP) is 2.56. The van der Waals surface area contributed by atoms with Crippen molar-refractivity contribution in [2.75, 3.05) is 0 Å². The summed E-state index contributed by atoms with van der Waals surface area (Å²) < 4.78 is 33.9. The molecule has 2 nitrogen and oxygen atoms in total. The molecule has 1 aromatic carbocycles. The molecule has 0 radical (unpaired) electrons. The molecule has 0 heterocycles. The lowest BCUT2D eigenvalue weighted by Crippen LogP contribution is -1.98. The van der Waals surface area contributed by atoms with Gasteiger partial charge in [-0.1, -0.05) is 28.1 Å². The fourth-order valence-corrected chi connectivity index (χ4v) is 2.09. The van der Waals surface area contributed by atoms with Gasteiger partial charge in [0.05, 0.1) is 0 Å². The summed E-state index contributed by atoms with van der Waals surface area (Å²) in [6.07, 6.45) is 0. The molecule has 72 valence electrons. The standard InChI is InChI=1S/C8H8BrFO2S/c1-6-7(5-13(10,11)12)3-2-4-8(6)9/h2-4H,5H2,1H3. The summed E-state index contributed by atoms with van der Waals surface area (Å²) in [5.41, 5.74) is 1.24. The van der Waals surface area contributed by atoms with Gasteiger partial charge in [-0.05, 0) is 24.1 Å². The summed E-state index contributed by atoms with van der Waals surface area (Å²) in [5.74, 6) is -0.557. The maximum atomic E-state index is 12.3. The number of hydrogen-bond acceptors (Lipinski definition) is 2. The zero-order valence-corrected chi connectivity index (χ0v) is 9.32. The second kappa shape index (κ2) is 3.75. The highest BCUT2D eigenvalue weighted by atomic mass is 79.9. The van der Waals surface area contributed by atoms with Crippen LogP contribution in [0, 0.1) is 6.92 Å². The van der Waals surface area contributed by atoms with E-state index in [0.29, 0.717) is 5.56 Å². The van der Waals surface area contributed by atoms with Crippen LogP contribution < -0.4 is 0 Å². The third-order valence-electron chi connectivity index (χ3n) is 1.71. The van der Waals surface area contributed by atoms with E-state index in [9.17, 15) is 12.3 Å². The number of rotatable bonds is 2. The Balaban J connectivity index is 3.10. The molecule has 0 aromatic heterocycles. The van der Waals surface area contributed by atoms with Gasteiger partial charge in [-0.15, -0.1) is 3.89 Å². The largest absolute Gasteiger partial charge is 0.306 e. The van der Waals surface area contributed by atoms with E-state index in [2.05, 4.69) is 15.9 Å². The van der Waals surface area contributed by atoms with E-state index >= 15 is 0 Å². The van der Waals surface area contributed by atoms with E-state index in [4.69, 9.17) is 0 Å². The molecule has 0 saturated heterocycles. The third kappa shape index (κ3) is 3.08. The lowest BCUT2D eigenvalue weighted by molar-refractivity contribution is 0.551. The maximum absolute atomic E-state index is 12.3. The average molecular weight is 267 g/mol. The van der Waals surface area contributed by atoms with E-state index < -0.39 is 16.0 Å². The summed E-state index contributed by atoms with van der Waals surface area (Å²) in [4.78, 5) is 0. The normalized spacial score (nSPS) is 11.6. The van der Waals surface area contributed by atoms with Crippen molar-refractivity contribution in [1.82, 2.24) is 0 Å². The summed E-state index contributed by atoms with van der Waals surface area (Å²) in [6.45, 7) is 1.74. The van der Waals surface area contributed by atoms with Crippen molar-refractivity contribution >= 4 is 26.2 Å². The predicted molar refractivity (Wildman–Crippen MR) is 52.6 cm³/mol. The van der Waals surface area contributed by atoms with Gasteiger partial charge >= 0.3 is 10.2 Å². The molecule has 0 atom stereocenters. The topological polar surface area (TPSA) is 34.1 Å². The SMILES string of the molecule is Cc1c(Br)cccc1CS(=O)(=O)F. The Hall–Kier alpha value is -0.420. The van der Waals surface area contributed by atoms with Crippen molar-refractivity contribution in [3.63, 3.8) is 0 Å². The second-order valence-electron chi connectivity index (χ2n) is 2.71. The first kappa shape index (κ1) is 10.7. The van der Waals surface area contributed by atoms with Crippen LogP contribution in [-0.2, 0) is 16.0 Å². The van der Waals surface area contributed by atoms with Crippen LogP contribution in [0.2, 0.25) is 0 Å². The van der Waals surface area contributed by atoms with Crippen molar-refractivity contribution in [1.29, 1.82) is 0 Å². The van der Waals surface area contributed by atoms with Gasteiger partial charge in [0.25, 0.3) is 0 Å². The first-order chi connectivity index (χ1) is 5.90. The Labute approximate surface area is 85.1 Å². The number of hydrogen-bond donors (Lipinski definition) is 0. The molecular formula is C8H8BrFO2S. The van der Waals surface area contributed by atoms with Crippen LogP contribution in [0.3, 0.4) is 0 Å². The Kier molecular flexibility index (Phi) is 3.08. The van der Waals surface area contributed by atoms with E-state index in [-0.39, 0.29) is 0 Å². The number of halogens is 2. The molecule has 0 unspecified atom stereocenters. The average Bonchev–Trinajstić information content (AvgIpc) is 1.96. The van der Waals surface area contributed by atoms with Gasteiger partial charge in [-0.3, -0.25) is 0 Å². The van der Waals surface area contributed by atoms with Gasteiger partial charge in [-0.2, -0.15) is 8.42 Å². The van der Waals surface area contributed by atoms with Crippen LogP contribution in [0.25, 0.3) is 0 Å². The van der Waals surface area contributed by atoms with Crippen LogP contribution >= 0.6 is 15.9 Å². The van der Waals surface area contributed by atoms with Gasteiger partial charge in [-0.25, -0.2) is 0 Å². The van der Waals surface area contributed by atoms with E-state index in [1.165, 1.54) is 0 Å². The van der Waals surface area contributed by atoms with Crippen LogP contribution in [0.1, 0.15) is 11.1 Å². The minimum absolute atomic E-state index is 0.483. The molecule has 0 bridgehead atoms. The summed E-state index contributed by atoms with van der Waals surface area (Å²) >= 11 is 3.24. The fraction of sp³-hybridized carbons (Fsp3) is 0.250. The summed E-state index contributed by atoms with van der Waals surface area (Å²) in [5, 5.41) is 0. The van der Waals surface area contributed by atoms with Crippen molar-refractivity contribution in [2.45, 2.75) is 12.7 Å². The molecule has 0 N–H and O–H groups in total. The van der Waals surface area contributed by atoms with Gasteiger partial charge < -0.3 is 0 Å². The van der Waals surface area contributed by atoms with Gasteiger partial charge in [0.2, 0.25) is 0 Å². The molecule has 0 amide bonds. The van der Waals surface area contributed by atoms with Gasteiger partial charge in [0.1, 0.15) is 5.75 Å². The molecule has 0 fully saturated rings. The van der Waals surface area contributed by atoms with Crippen molar-refractivity contribution < 1.29 is 12.3 Å². The van der Waals surface area contributed by atoms with E-state index in [1.807, 2.05) is 0 Å². The molecule has 5 heteroatoms. The third-order valence-corrected chi connectivity index (χ3v) is 3.22. The van der Waals surface area contributed by atoms with Crippen LogP contribution in [0.5, 0.6) is 0 Å². The van der Waals surface area contributed by atoms with Gasteiger partial charge in [0.15, 0.2) is 0 Å². The molecule has 0 spiro atoms. The van der Waals surface area contributed by atoms with E-state index in [1.54, 1.807) is 25.1 Å². The Morgan fingerprint density at radius 1 is 1.46 bits per heavy atom. The molecule has 0 aliphatic rings. The van der Waals surface area contributed by atoms with Crippen LogP contribution in [0.15, 0.2) is 22.7 Å².